The van der Waals surface area contributed by atoms with Crippen molar-refractivity contribution >= 4 is 35.1 Å². The Hall–Kier alpha value is -2.32. The Labute approximate surface area is 154 Å². The molecule has 1 heterocycles. The van der Waals surface area contributed by atoms with Gasteiger partial charge in [-0.3, -0.25) is 4.79 Å². The van der Waals surface area contributed by atoms with E-state index in [0.717, 1.165) is 21.8 Å². The summed E-state index contributed by atoms with van der Waals surface area (Å²) in [5.74, 6) is 0.138. The molecule has 1 aromatic heterocycles. The van der Waals surface area contributed by atoms with Gasteiger partial charge < -0.3 is 5.32 Å². The third-order valence-corrected chi connectivity index (χ3v) is 5.15. The van der Waals surface area contributed by atoms with Crippen LogP contribution in [0.25, 0.3) is 5.69 Å². The van der Waals surface area contributed by atoms with E-state index < -0.39 is 0 Å². The van der Waals surface area contributed by atoms with Gasteiger partial charge in [0.05, 0.1) is 17.1 Å². The molecule has 0 spiro atoms. The highest BCUT2D eigenvalue weighted by molar-refractivity contribution is 7.99. The number of benzene rings is 2. The van der Waals surface area contributed by atoms with Crippen molar-refractivity contribution in [3.05, 3.63) is 54.1 Å². The van der Waals surface area contributed by atoms with Gasteiger partial charge in [0.1, 0.15) is 0 Å². The SMILES string of the molecule is CSc1ccccc1NC(=O)CSc1nnnn1-c1ccc(C)cc1. The number of anilines is 1. The number of tetrazole rings is 1. The number of thioether (sulfide) groups is 2. The van der Waals surface area contributed by atoms with Crippen LogP contribution in [0.1, 0.15) is 5.56 Å². The molecule has 128 valence electrons. The number of aromatic nitrogens is 4. The summed E-state index contributed by atoms with van der Waals surface area (Å²) < 4.78 is 1.63. The second kappa shape index (κ2) is 8.17. The zero-order chi connectivity index (χ0) is 17.6. The summed E-state index contributed by atoms with van der Waals surface area (Å²) in [6.45, 7) is 2.02. The topological polar surface area (TPSA) is 72.7 Å². The molecule has 0 aliphatic rings. The Morgan fingerprint density at radius 2 is 1.92 bits per heavy atom. The number of aryl methyl sites for hydroxylation is 1. The number of hydrogen-bond donors (Lipinski definition) is 1. The molecule has 6 nitrogen and oxygen atoms in total. The largest absolute Gasteiger partial charge is 0.324 e. The maximum Gasteiger partial charge on any atom is 0.234 e. The summed E-state index contributed by atoms with van der Waals surface area (Å²) in [4.78, 5) is 13.3. The molecule has 1 N–H and O–H groups in total. The number of para-hydroxylation sites is 1. The highest BCUT2D eigenvalue weighted by Crippen LogP contribution is 2.25. The van der Waals surface area contributed by atoms with Crippen LogP contribution in [-0.2, 0) is 4.79 Å². The Kier molecular flexibility index (Phi) is 5.72. The fourth-order valence-electron chi connectivity index (χ4n) is 2.18. The van der Waals surface area contributed by atoms with Crippen molar-refractivity contribution in [3.63, 3.8) is 0 Å². The number of rotatable bonds is 6. The summed E-state index contributed by atoms with van der Waals surface area (Å²) in [6.07, 6.45) is 1.98. The lowest BCUT2D eigenvalue weighted by atomic mass is 10.2. The number of nitrogens with zero attached hydrogens (tertiary/aromatic N) is 4. The van der Waals surface area contributed by atoms with E-state index in [1.807, 2.05) is 61.7 Å². The molecule has 0 unspecified atom stereocenters. The first-order valence-corrected chi connectivity index (χ1v) is 9.79. The van der Waals surface area contributed by atoms with Gasteiger partial charge in [0.2, 0.25) is 11.1 Å². The van der Waals surface area contributed by atoms with Crippen LogP contribution >= 0.6 is 23.5 Å². The summed E-state index contributed by atoms with van der Waals surface area (Å²) in [5.41, 5.74) is 2.85. The summed E-state index contributed by atoms with van der Waals surface area (Å²) in [7, 11) is 0. The van der Waals surface area contributed by atoms with Crippen molar-refractivity contribution < 1.29 is 4.79 Å². The molecule has 2 aromatic carbocycles. The van der Waals surface area contributed by atoms with Crippen molar-refractivity contribution in [1.82, 2.24) is 20.2 Å². The van der Waals surface area contributed by atoms with Crippen molar-refractivity contribution in [1.29, 1.82) is 0 Å². The highest BCUT2D eigenvalue weighted by Gasteiger charge is 2.12. The average molecular weight is 371 g/mol. The van der Waals surface area contributed by atoms with Crippen molar-refractivity contribution in [3.8, 4) is 5.69 Å². The van der Waals surface area contributed by atoms with Crippen molar-refractivity contribution in [2.45, 2.75) is 17.0 Å². The zero-order valence-electron chi connectivity index (χ0n) is 13.8. The van der Waals surface area contributed by atoms with Crippen molar-refractivity contribution in [2.24, 2.45) is 0 Å². The number of carbonyl (C=O) groups excluding carboxylic acids is 1. The number of amides is 1. The smallest absolute Gasteiger partial charge is 0.234 e. The van der Waals surface area contributed by atoms with Crippen LogP contribution in [0, 0.1) is 6.92 Å². The fraction of sp³-hybridized carbons (Fsp3) is 0.176. The number of carbonyl (C=O) groups is 1. The minimum atomic E-state index is -0.0926. The maximum absolute atomic E-state index is 12.2. The molecule has 0 aliphatic carbocycles. The quantitative estimate of drug-likeness (QED) is 0.669. The van der Waals surface area contributed by atoms with Gasteiger partial charge in [-0.25, -0.2) is 0 Å². The van der Waals surface area contributed by atoms with E-state index in [1.165, 1.54) is 11.8 Å². The summed E-state index contributed by atoms with van der Waals surface area (Å²) in [6, 6.07) is 15.6. The molecule has 0 aliphatic heterocycles. The van der Waals surface area contributed by atoms with Gasteiger partial charge >= 0.3 is 0 Å². The van der Waals surface area contributed by atoms with E-state index >= 15 is 0 Å². The normalized spacial score (nSPS) is 10.6. The average Bonchev–Trinajstić information content (AvgIpc) is 3.09. The van der Waals surface area contributed by atoms with E-state index in [0.29, 0.717) is 5.16 Å². The lowest BCUT2D eigenvalue weighted by Gasteiger charge is -2.09. The van der Waals surface area contributed by atoms with E-state index in [4.69, 9.17) is 0 Å². The number of nitrogens with one attached hydrogen (secondary N) is 1. The summed E-state index contributed by atoms with van der Waals surface area (Å²) >= 11 is 2.90. The van der Waals surface area contributed by atoms with E-state index in [2.05, 4.69) is 20.8 Å². The molecule has 0 saturated carbocycles. The molecule has 25 heavy (non-hydrogen) atoms. The van der Waals surface area contributed by atoms with Gasteiger partial charge in [0.25, 0.3) is 0 Å². The van der Waals surface area contributed by atoms with Crippen LogP contribution in [0.3, 0.4) is 0 Å². The summed E-state index contributed by atoms with van der Waals surface area (Å²) in [5, 5.41) is 15.2. The first-order chi connectivity index (χ1) is 12.2. The predicted octanol–water partition coefficient (Wildman–Crippen LogP) is 3.42. The maximum atomic E-state index is 12.2. The Balaban J connectivity index is 1.65. The van der Waals surface area contributed by atoms with Gasteiger partial charge in [0.15, 0.2) is 0 Å². The molecule has 0 saturated heterocycles. The van der Waals surface area contributed by atoms with Crippen LogP contribution in [0.4, 0.5) is 5.69 Å². The fourth-order valence-corrected chi connectivity index (χ4v) is 3.43. The molecule has 0 radical (unpaired) electrons. The van der Waals surface area contributed by atoms with Gasteiger partial charge in [-0.15, -0.1) is 16.9 Å². The van der Waals surface area contributed by atoms with Crippen LogP contribution in [0.15, 0.2) is 58.6 Å². The lowest BCUT2D eigenvalue weighted by Crippen LogP contribution is -2.15. The lowest BCUT2D eigenvalue weighted by molar-refractivity contribution is -0.113. The molecule has 1 amide bonds. The zero-order valence-corrected chi connectivity index (χ0v) is 15.5. The van der Waals surface area contributed by atoms with E-state index in [-0.39, 0.29) is 11.7 Å². The molecule has 0 fully saturated rings. The molecular formula is C17H17N5OS2. The minimum Gasteiger partial charge on any atom is -0.324 e. The van der Waals surface area contributed by atoms with Gasteiger partial charge in [0, 0.05) is 4.90 Å². The third-order valence-electron chi connectivity index (χ3n) is 3.43. The van der Waals surface area contributed by atoms with E-state index in [9.17, 15) is 4.79 Å². The van der Waals surface area contributed by atoms with Crippen LogP contribution < -0.4 is 5.32 Å². The second-order valence-electron chi connectivity index (χ2n) is 5.25. The molecule has 0 atom stereocenters. The van der Waals surface area contributed by atoms with E-state index in [1.54, 1.807) is 16.4 Å². The molecule has 3 rings (SSSR count). The Bertz CT molecular complexity index is 863. The monoisotopic (exact) mass is 371 g/mol. The van der Waals surface area contributed by atoms with Crippen LogP contribution in [0.2, 0.25) is 0 Å². The molecule has 3 aromatic rings. The standard InChI is InChI=1S/C17H17N5OS2/c1-12-7-9-13(10-8-12)22-17(19-20-21-22)25-11-16(23)18-14-5-3-4-6-15(14)24-2/h3-10H,11H2,1-2H3,(H,18,23). The van der Waals surface area contributed by atoms with Gasteiger partial charge in [-0.05, 0) is 47.9 Å². The number of hydrogen-bond acceptors (Lipinski definition) is 6. The van der Waals surface area contributed by atoms with Crippen LogP contribution in [-0.4, -0.2) is 38.1 Å². The third kappa shape index (κ3) is 4.40. The highest BCUT2D eigenvalue weighted by atomic mass is 32.2. The minimum absolute atomic E-state index is 0.0926. The van der Waals surface area contributed by atoms with Gasteiger partial charge in [-0.1, -0.05) is 41.6 Å². The Morgan fingerprint density at radius 3 is 2.68 bits per heavy atom. The van der Waals surface area contributed by atoms with Gasteiger partial charge in [-0.2, -0.15) is 4.68 Å². The first kappa shape index (κ1) is 17.5. The Morgan fingerprint density at radius 1 is 1.16 bits per heavy atom. The first-order valence-electron chi connectivity index (χ1n) is 7.58. The molecular weight excluding hydrogens is 354 g/mol. The van der Waals surface area contributed by atoms with Crippen molar-refractivity contribution in [2.75, 3.05) is 17.3 Å². The van der Waals surface area contributed by atoms with Crippen LogP contribution in [0.5, 0.6) is 0 Å². The predicted molar refractivity (Wildman–Crippen MR) is 101 cm³/mol. The molecule has 0 bridgehead atoms. The second-order valence-corrected chi connectivity index (χ2v) is 7.04. The molecule has 8 heteroatoms.